The maximum absolute atomic E-state index is 5.22. The van der Waals surface area contributed by atoms with E-state index in [0.29, 0.717) is 18.3 Å². The molecule has 0 unspecified atom stereocenters. The molecule has 3 rings (SSSR count). The van der Waals surface area contributed by atoms with E-state index >= 15 is 0 Å². The van der Waals surface area contributed by atoms with E-state index in [1.54, 1.807) is 7.11 Å². The lowest BCUT2D eigenvalue weighted by atomic mass is 10.2. The molecule has 3 aromatic rings. The van der Waals surface area contributed by atoms with Gasteiger partial charge in [-0.3, -0.25) is 0 Å². The van der Waals surface area contributed by atoms with E-state index in [1.807, 2.05) is 31.3 Å². The molecule has 0 spiro atoms. The maximum atomic E-state index is 5.22. The Balaban J connectivity index is 1.92. The van der Waals surface area contributed by atoms with Crippen molar-refractivity contribution in [1.82, 2.24) is 14.7 Å². The fourth-order valence-electron chi connectivity index (χ4n) is 2.09. The van der Waals surface area contributed by atoms with Gasteiger partial charge in [-0.2, -0.15) is 4.98 Å². The van der Waals surface area contributed by atoms with Gasteiger partial charge in [0.15, 0.2) is 5.82 Å². The van der Waals surface area contributed by atoms with Crippen LogP contribution in [0, 0.1) is 0 Å². The highest BCUT2D eigenvalue weighted by Gasteiger charge is 2.08. The molecule has 0 N–H and O–H groups in total. The van der Waals surface area contributed by atoms with E-state index < -0.39 is 0 Å². The zero-order valence-corrected chi connectivity index (χ0v) is 11.0. The van der Waals surface area contributed by atoms with Crippen molar-refractivity contribution in [2.45, 2.75) is 19.9 Å². The van der Waals surface area contributed by atoms with Crippen molar-refractivity contribution < 1.29 is 9.26 Å². The zero-order valence-electron chi connectivity index (χ0n) is 11.0. The summed E-state index contributed by atoms with van der Waals surface area (Å²) in [4.78, 5) is 4.32. The molecule has 0 saturated carbocycles. The number of ether oxygens (including phenoxy) is 1. The molecule has 0 atom stereocenters. The first-order valence-electron chi connectivity index (χ1n) is 6.24. The van der Waals surface area contributed by atoms with Crippen LogP contribution in [0.5, 0.6) is 5.75 Å². The standard InChI is InChI=1S/C14H15N3O2/c1-3-14-15-13(16-19-14)9-17-7-6-10-8-11(18-2)4-5-12(10)17/h4-8H,3,9H2,1-2H3. The Labute approximate surface area is 110 Å². The number of hydrogen-bond acceptors (Lipinski definition) is 4. The van der Waals surface area contributed by atoms with Gasteiger partial charge in [-0.05, 0) is 24.3 Å². The van der Waals surface area contributed by atoms with E-state index in [-0.39, 0.29) is 0 Å². The van der Waals surface area contributed by atoms with Crippen molar-refractivity contribution in [1.29, 1.82) is 0 Å². The quantitative estimate of drug-likeness (QED) is 0.721. The molecule has 0 aliphatic carbocycles. The van der Waals surface area contributed by atoms with Crippen LogP contribution in [0.2, 0.25) is 0 Å². The second-order valence-corrected chi connectivity index (χ2v) is 4.33. The van der Waals surface area contributed by atoms with Crippen LogP contribution in [0.3, 0.4) is 0 Å². The predicted molar refractivity (Wildman–Crippen MR) is 71.3 cm³/mol. The largest absolute Gasteiger partial charge is 0.497 e. The van der Waals surface area contributed by atoms with Crippen molar-refractivity contribution in [3.05, 3.63) is 42.2 Å². The minimum Gasteiger partial charge on any atom is -0.497 e. The lowest BCUT2D eigenvalue weighted by molar-refractivity contribution is 0.375. The smallest absolute Gasteiger partial charge is 0.226 e. The highest BCUT2D eigenvalue weighted by molar-refractivity contribution is 5.81. The van der Waals surface area contributed by atoms with E-state index in [4.69, 9.17) is 9.26 Å². The Morgan fingerprint density at radius 1 is 1.32 bits per heavy atom. The topological polar surface area (TPSA) is 53.1 Å². The summed E-state index contributed by atoms with van der Waals surface area (Å²) in [7, 11) is 1.67. The van der Waals surface area contributed by atoms with E-state index in [9.17, 15) is 0 Å². The molecule has 0 fully saturated rings. The minimum absolute atomic E-state index is 0.610. The van der Waals surface area contributed by atoms with Crippen LogP contribution in [-0.4, -0.2) is 21.8 Å². The first-order chi connectivity index (χ1) is 9.30. The molecule has 0 aliphatic heterocycles. The SMILES string of the molecule is CCc1nc(Cn2ccc3cc(OC)ccc32)no1. The Bertz CT molecular complexity index is 700. The Morgan fingerprint density at radius 2 is 2.21 bits per heavy atom. The van der Waals surface area contributed by atoms with Gasteiger partial charge in [-0.25, -0.2) is 0 Å². The first kappa shape index (κ1) is 11.8. The van der Waals surface area contributed by atoms with Crippen LogP contribution >= 0.6 is 0 Å². The maximum Gasteiger partial charge on any atom is 0.226 e. The molecule has 1 aromatic carbocycles. The highest BCUT2D eigenvalue weighted by atomic mass is 16.5. The molecule has 0 saturated heterocycles. The Hall–Kier alpha value is -2.30. The molecular formula is C14H15N3O2. The molecule has 5 heteroatoms. The van der Waals surface area contributed by atoms with Crippen molar-refractivity contribution >= 4 is 10.9 Å². The highest BCUT2D eigenvalue weighted by Crippen LogP contribution is 2.22. The van der Waals surface area contributed by atoms with Crippen LogP contribution in [0.1, 0.15) is 18.6 Å². The third kappa shape index (κ3) is 2.19. The molecule has 19 heavy (non-hydrogen) atoms. The summed E-state index contributed by atoms with van der Waals surface area (Å²) < 4.78 is 12.4. The normalized spacial score (nSPS) is 11.1. The molecule has 0 bridgehead atoms. The first-order valence-corrected chi connectivity index (χ1v) is 6.24. The van der Waals surface area contributed by atoms with E-state index in [0.717, 1.165) is 23.1 Å². The number of aryl methyl sites for hydroxylation is 1. The fraction of sp³-hybridized carbons (Fsp3) is 0.286. The third-order valence-corrected chi connectivity index (χ3v) is 3.10. The molecule has 5 nitrogen and oxygen atoms in total. The Kier molecular flexibility index (Phi) is 2.95. The summed E-state index contributed by atoms with van der Waals surface area (Å²) in [6, 6.07) is 8.06. The van der Waals surface area contributed by atoms with Crippen LogP contribution in [0.15, 0.2) is 35.0 Å². The van der Waals surface area contributed by atoms with Gasteiger partial charge in [-0.15, -0.1) is 0 Å². The van der Waals surface area contributed by atoms with Crippen LogP contribution in [0.4, 0.5) is 0 Å². The summed E-state index contributed by atoms with van der Waals surface area (Å²) in [6.07, 6.45) is 2.78. The molecule has 2 heterocycles. The van der Waals surface area contributed by atoms with Gasteiger partial charge in [0.2, 0.25) is 5.89 Å². The predicted octanol–water partition coefficient (Wildman–Crippen LogP) is 2.64. The average molecular weight is 257 g/mol. The molecule has 0 radical (unpaired) electrons. The fourth-order valence-corrected chi connectivity index (χ4v) is 2.09. The number of hydrogen-bond donors (Lipinski definition) is 0. The molecule has 98 valence electrons. The van der Waals surface area contributed by atoms with E-state index in [2.05, 4.69) is 20.8 Å². The second-order valence-electron chi connectivity index (χ2n) is 4.33. The van der Waals surface area contributed by atoms with Gasteiger partial charge < -0.3 is 13.8 Å². The lowest BCUT2D eigenvalue weighted by Crippen LogP contribution is -1.99. The number of nitrogens with zero attached hydrogens (tertiary/aromatic N) is 3. The van der Waals surface area contributed by atoms with Crippen molar-refractivity contribution in [3.63, 3.8) is 0 Å². The van der Waals surface area contributed by atoms with Gasteiger partial charge >= 0.3 is 0 Å². The number of aromatic nitrogens is 3. The Morgan fingerprint density at radius 3 is 2.95 bits per heavy atom. The van der Waals surface area contributed by atoms with Gasteiger partial charge in [0.25, 0.3) is 0 Å². The van der Waals surface area contributed by atoms with Gasteiger partial charge in [-0.1, -0.05) is 12.1 Å². The summed E-state index contributed by atoms with van der Waals surface area (Å²) >= 11 is 0. The summed E-state index contributed by atoms with van der Waals surface area (Å²) in [5.74, 6) is 2.23. The van der Waals surface area contributed by atoms with Crippen LogP contribution in [-0.2, 0) is 13.0 Å². The number of rotatable bonds is 4. The minimum atomic E-state index is 0.610. The summed E-state index contributed by atoms with van der Waals surface area (Å²) in [5, 5.41) is 5.11. The number of benzene rings is 1. The van der Waals surface area contributed by atoms with Gasteiger partial charge in [0, 0.05) is 23.5 Å². The van der Waals surface area contributed by atoms with Crippen LogP contribution < -0.4 is 4.74 Å². The van der Waals surface area contributed by atoms with Crippen molar-refractivity contribution in [3.8, 4) is 5.75 Å². The lowest BCUT2D eigenvalue weighted by Gasteiger charge is -2.03. The molecule has 2 aromatic heterocycles. The molecular weight excluding hydrogens is 242 g/mol. The van der Waals surface area contributed by atoms with Gasteiger partial charge in [0.1, 0.15) is 5.75 Å². The van der Waals surface area contributed by atoms with E-state index in [1.165, 1.54) is 0 Å². The number of methoxy groups -OCH3 is 1. The molecule has 0 aliphatic rings. The number of fused-ring (bicyclic) bond motifs is 1. The summed E-state index contributed by atoms with van der Waals surface area (Å²) in [6.45, 7) is 2.61. The monoisotopic (exact) mass is 257 g/mol. The third-order valence-electron chi connectivity index (χ3n) is 3.10. The zero-order chi connectivity index (χ0) is 13.2. The van der Waals surface area contributed by atoms with Crippen molar-refractivity contribution in [2.75, 3.05) is 7.11 Å². The molecule has 0 amide bonds. The average Bonchev–Trinajstić information content (AvgIpc) is 3.06. The van der Waals surface area contributed by atoms with Crippen LogP contribution in [0.25, 0.3) is 10.9 Å². The summed E-state index contributed by atoms with van der Waals surface area (Å²) in [5.41, 5.74) is 1.13. The van der Waals surface area contributed by atoms with Crippen molar-refractivity contribution in [2.24, 2.45) is 0 Å². The van der Waals surface area contributed by atoms with Gasteiger partial charge in [0.05, 0.1) is 13.7 Å². The second kappa shape index (κ2) is 4.76.